The molecule has 0 saturated heterocycles. The van der Waals surface area contributed by atoms with Gasteiger partial charge in [0, 0.05) is 30.1 Å². The fourth-order valence-electron chi connectivity index (χ4n) is 4.01. The van der Waals surface area contributed by atoms with Gasteiger partial charge in [0.15, 0.2) is 11.5 Å². The van der Waals surface area contributed by atoms with E-state index >= 15 is 0 Å². The van der Waals surface area contributed by atoms with E-state index in [2.05, 4.69) is 10.3 Å². The Kier molecular flexibility index (Phi) is 6.34. The molecule has 2 N–H and O–H groups in total. The molecule has 178 valence electrons. The van der Waals surface area contributed by atoms with Gasteiger partial charge in [-0.1, -0.05) is 42.5 Å². The van der Waals surface area contributed by atoms with E-state index in [-0.39, 0.29) is 30.5 Å². The van der Waals surface area contributed by atoms with Gasteiger partial charge in [0.25, 0.3) is 5.56 Å². The van der Waals surface area contributed by atoms with Crippen LogP contribution in [-0.4, -0.2) is 29.1 Å². The van der Waals surface area contributed by atoms with Crippen LogP contribution in [0.5, 0.6) is 11.5 Å². The first-order valence-electron chi connectivity index (χ1n) is 11.3. The number of H-pyrrole nitrogens is 1. The highest BCUT2D eigenvalue weighted by atomic mass is 19.1. The molecule has 0 radical (unpaired) electrons. The smallest absolute Gasteiger partial charge is 0.318 e. The number of pyridine rings is 1. The van der Waals surface area contributed by atoms with Crippen LogP contribution in [0.25, 0.3) is 10.9 Å². The van der Waals surface area contributed by atoms with Crippen LogP contribution in [0.3, 0.4) is 0 Å². The molecule has 2 heterocycles. The fraction of sp³-hybridized carbons (Fsp3) is 0.185. The van der Waals surface area contributed by atoms with Gasteiger partial charge in [0.1, 0.15) is 19.0 Å². The van der Waals surface area contributed by atoms with E-state index in [4.69, 9.17) is 9.47 Å². The summed E-state index contributed by atoms with van der Waals surface area (Å²) < 4.78 is 24.7. The van der Waals surface area contributed by atoms with Crippen LogP contribution in [0.4, 0.5) is 9.18 Å². The van der Waals surface area contributed by atoms with Gasteiger partial charge in [0.05, 0.1) is 12.1 Å². The molecule has 3 aromatic carbocycles. The normalized spacial score (nSPS) is 12.4. The molecule has 8 heteroatoms. The molecule has 0 saturated carbocycles. The summed E-state index contributed by atoms with van der Waals surface area (Å²) in [5, 5.41) is 3.69. The average Bonchev–Trinajstić information content (AvgIpc) is 2.88. The molecule has 0 bridgehead atoms. The van der Waals surface area contributed by atoms with Crippen LogP contribution < -0.4 is 20.3 Å². The number of carbonyl (C=O) groups excluding carboxylic acids is 1. The number of nitrogens with one attached hydrogen (secondary N) is 2. The molecule has 0 aliphatic carbocycles. The van der Waals surface area contributed by atoms with Gasteiger partial charge in [-0.3, -0.25) is 4.79 Å². The minimum Gasteiger partial charge on any atom is -0.486 e. The highest BCUT2D eigenvalue weighted by Crippen LogP contribution is 2.33. The zero-order chi connectivity index (χ0) is 24.2. The largest absolute Gasteiger partial charge is 0.486 e. The molecule has 7 nitrogen and oxygen atoms in total. The van der Waals surface area contributed by atoms with Gasteiger partial charge >= 0.3 is 6.03 Å². The Bertz CT molecular complexity index is 1400. The van der Waals surface area contributed by atoms with Crippen LogP contribution in [0.2, 0.25) is 0 Å². The molecular weight excluding hydrogens is 449 g/mol. The lowest BCUT2D eigenvalue weighted by Crippen LogP contribution is -2.39. The highest BCUT2D eigenvalue weighted by Gasteiger charge is 2.18. The summed E-state index contributed by atoms with van der Waals surface area (Å²) in [6.45, 7) is 1.54. The molecule has 0 fully saturated rings. The third kappa shape index (κ3) is 5.27. The minimum absolute atomic E-state index is 0.0672. The number of aromatic nitrogens is 1. The maximum atomic E-state index is 13.4. The number of amides is 2. The maximum absolute atomic E-state index is 13.4. The molecule has 35 heavy (non-hydrogen) atoms. The van der Waals surface area contributed by atoms with Gasteiger partial charge in [-0.15, -0.1) is 0 Å². The van der Waals surface area contributed by atoms with Gasteiger partial charge < -0.3 is 24.7 Å². The monoisotopic (exact) mass is 473 g/mol. The molecule has 5 rings (SSSR count). The Balaban J connectivity index is 1.42. The van der Waals surface area contributed by atoms with Crippen molar-refractivity contribution >= 4 is 16.9 Å². The summed E-state index contributed by atoms with van der Waals surface area (Å²) >= 11 is 0. The van der Waals surface area contributed by atoms with Gasteiger partial charge in [-0.2, -0.15) is 0 Å². The van der Waals surface area contributed by atoms with Crippen LogP contribution >= 0.6 is 0 Å². The Hall–Kier alpha value is -4.33. The second kappa shape index (κ2) is 9.89. The fourth-order valence-corrected chi connectivity index (χ4v) is 4.01. The molecule has 0 unspecified atom stereocenters. The Morgan fingerprint density at radius 3 is 2.37 bits per heavy atom. The summed E-state index contributed by atoms with van der Waals surface area (Å²) in [4.78, 5) is 30.5. The number of carbonyl (C=O) groups is 1. The molecule has 0 spiro atoms. The number of hydrogen-bond donors (Lipinski definition) is 2. The Labute approximate surface area is 201 Å². The van der Waals surface area contributed by atoms with E-state index in [1.54, 1.807) is 24.3 Å². The summed E-state index contributed by atoms with van der Waals surface area (Å²) in [5.41, 5.74) is 2.46. The number of ether oxygens (including phenoxy) is 2. The van der Waals surface area contributed by atoms with Crippen molar-refractivity contribution in [1.82, 2.24) is 15.2 Å². The molecular formula is C27H24FN3O4. The number of nitrogens with zero attached hydrogens (tertiary/aromatic N) is 1. The summed E-state index contributed by atoms with van der Waals surface area (Å²) in [5.74, 6) is 0.852. The lowest BCUT2D eigenvalue weighted by molar-refractivity contribution is 0.172. The van der Waals surface area contributed by atoms with Crippen LogP contribution in [-0.2, 0) is 19.6 Å². The molecule has 1 aliphatic heterocycles. The summed E-state index contributed by atoms with van der Waals surface area (Å²) in [7, 11) is 0. The van der Waals surface area contributed by atoms with Crippen molar-refractivity contribution in [1.29, 1.82) is 0 Å². The van der Waals surface area contributed by atoms with Gasteiger partial charge in [-0.25, -0.2) is 9.18 Å². The SMILES string of the molecule is O=C(NCc1ccccc1)N(Cc1ccc(F)cc1)Cc1cc2cc3c(cc2[nH]c1=O)OCCO3. The number of fused-ring (bicyclic) bond motifs is 2. The number of hydrogen-bond acceptors (Lipinski definition) is 4. The lowest BCUT2D eigenvalue weighted by atomic mass is 10.1. The van der Waals surface area contributed by atoms with E-state index in [1.165, 1.54) is 17.0 Å². The topological polar surface area (TPSA) is 83.7 Å². The maximum Gasteiger partial charge on any atom is 0.318 e. The second-order valence-corrected chi connectivity index (χ2v) is 8.33. The standard InChI is InChI=1S/C27H24FN3O4/c28-22-8-6-19(7-9-22)16-31(27(33)29-15-18-4-2-1-3-5-18)17-21-12-20-13-24-25(35-11-10-34-24)14-23(20)30-26(21)32/h1-9,12-14H,10-11,15-17H2,(H,29,33)(H,30,32). The van der Waals surface area contributed by atoms with Crippen molar-refractivity contribution in [2.75, 3.05) is 13.2 Å². The van der Waals surface area contributed by atoms with Crippen molar-refractivity contribution in [2.45, 2.75) is 19.6 Å². The second-order valence-electron chi connectivity index (χ2n) is 8.33. The summed E-state index contributed by atoms with van der Waals surface area (Å²) in [6.07, 6.45) is 0. The first kappa shape index (κ1) is 22.5. The third-order valence-electron chi connectivity index (χ3n) is 5.81. The van der Waals surface area contributed by atoms with E-state index in [0.29, 0.717) is 42.3 Å². The van der Waals surface area contributed by atoms with Crippen LogP contribution in [0, 0.1) is 5.82 Å². The van der Waals surface area contributed by atoms with Crippen molar-refractivity contribution in [3.8, 4) is 11.5 Å². The molecule has 4 aromatic rings. The Morgan fingerprint density at radius 1 is 0.914 bits per heavy atom. The van der Waals surface area contributed by atoms with Crippen molar-refractivity contribution in [2.24, 2.45) is 0 Å². The number of aromatic amines is 1. The zero-order valence-corrected chi connectivity index (χ0v) is 18.9. The third-order valence-corrected chi connectivity index (χ3v) is 5.81. The van der Waals surface area contributed by atoms with Gasteiger partial charge in [-0.05, 0) is 35.4 Å². The highest BCUT2D eigenvalue weighted by molar-refractivity contribution is 5.83. The van der Waals surface area contributed by atoms with Crippen molar-refractivity contribution in [3.63, 3.8) is 0 Å². The van der Waals surface area contributed by atoms with Crippen molar-refractivity contribution < 1.29 is 18.7 Å². The molecule has 2 amide bonds. The van der Waals surface area contributed by atoms with E-state index in [1.807, 2.05) is 36.4 Å². The quantitative estimate of drug-likeness (QED) is 0.436. The number of urea groups is 1. The summed E-state index contributed by atoms with van der Waals surface area (Å²) in [6, 6.07) is 20.5. The van der Waals surface area contributed by atoms with Crippen LogP contribution in [0.15, 0.2) is 77.6 Å². The van der Waals surface area contributed by atoms with Crippen LogP contribution in [0.1, 0.15) is 16.7 Å². The first-order valence-corrected chi connectivity index (χ1v) is 11.3. The minimum atomic E-state index is -0.352. The Morgan fingerprint density at radius 2 is 1.63 bits per heavy atom. The van der Waals surface area contributed by atoms with Crippen molar-refractivity contribution in [3.05, 3.63) is 106 Å². The van der Waals surface area contributed by atoms with E-state index < -0.39 is 0 Å². The molecule has 1 aliphatic rings. The zero-order valence-electron chi connectivity index (χ0n) is 18.9. The van der Waals surface area contributed by atoms with E-state index in [9.17, 15) is 14.0 Å². The number of rotatable bonds is 6. The predicted molar refractivity (Wildman–Crippen MR) is 130 cm³/mol. The number of halogens is 1. The first-order chi connectivity index (χ1) is 17.0. The predicted octanol–water partition coefficient (Wildman–Crippen LogP) is 4.35. The number of benzene rings is 3. The van der Waals surface area contributed by atoms with Gasteiger partial charge in [0.2, 0.25) is 0 Å². The van der Waals surface area contributed by atoms with E-state index in [0.717, 1.165) is 16.5 Å². The average molecular weight is 474 g/mol. The molecule has 0 atom stereocenters. The molecule has 1 aromatic heterocycles. The lowest BCUT2D eigenvalue weighted by Gasteiger charge is -2.24.